The number of unbranched alkanes of at least 4 members (excludes halogenated alkanes) is 1. The first-order valence-electron chi connectivity index (χ1n) is 9.78. The summed E-state index contributed by atoms with van der Waals surface area (Å²) in [5.41, 5.74) is 2.48. The number of hydrogen-bond acceptors (Lipinski definition) is 2. The second-order valence-electron chi connectivity index (χ2n) is 7.08. The molecule has 1 aliphatic rings. The van der Waals surface area contributed by atoms with E-state index >= 15 is 0 Å². The van der Waals surface area contributed by atoms with Gasteiger partial charge in [-0.2, -0.15) is 13.2 Å². The quantitative estimate of drug-likeness (QED) is 0.403. The van der Waals surface area contributed by atoms with Gasteiger partial charge in [0, 0.05) is 33.1 Å². The van der Waals surface area contributed by atoms with Crippen LogP contribution in [0, 0.1) is 0 Å². The fourth-order valence-corrected chi connectivity index (χ4v) is 3.20. The Balaban J connectivity index is 1.66. The van der Waals surface area contributed by atoms with Crippen LogP contribution in [0.1, 0.15) is 49.7 Å². The predicted molar refractivity (Wildman–Crippen MR) is 104 cm³/mol. The molecule has 0 bridgehead atoms. The highest BCUT2D eigenvalue weighted by Gasteiger charge is 2.25. The maximum absolute atomic E-state index is 12.1. The van der Waals surface area contributed by atoms with Crippen LogP contribution in [-0.2, 0) is 13.1 Å². The van der Waals surface area contributed by atoms with Crippen molar-refractivity contribution in [3.8, 4) is 0 Å². The largest absolute Gasteiger partial charge is 0.389 e. The van der Waals surface area contributed by atoms with E-state index in [9.17, 15) is 13.2 Å². The average molecular weight is 384 g/mol. The number of piperidine rings is 1. The monoisotopic (exact) mass is 384 g/mol. The second-order valence-corrected chi connectivity index (χ2v) is 7.08. The lowest BCUT2D eigenvalue weighted by Gasteiger charge is -2.26. The Morgan fingerprint density at radius 1 is 1.00 bits per heavy atom. The lowest BCUT2D eigenvalue weighted by molar-refractivity contribution is -0.135. The highest BCUT2D eigenvalue weighted by Crippen LogP contribution is 2.21. The average Bonchev–Trinajstić information content (AvgIpc) is 2.65. The molecule has 0 amide bonds. The molecular weight excluding hydrogens is 353 g/mol. The van der Waals surface area contributed by atoms with Gasteiger partial charge in [0.2, 0.25) is 0 Å². The number of guanidine groups is 1. The fraction of sp³-hybridized carbons (Fsp3) is 0.650. The van der Waals surface area contributed by atoms with Crippen LogP contribution >= 0.6 is 0 Å². The van der Waals surface area contributed by atoms with Gasteiger partial charge in [0.1, 0.15) is 0 Å². The van der Waals surface area contributed by atoms with Gasteiger partial charge in [-0.05, 0) is 49.9 Å². The van der Waals surface area contributed by atoms with Crippen molar-refractivity contribution in [2.45, 2.75) is 57.8 Å². The molecule has 1 saturated heterocycles. The number of hydrogen-bond donors (Lipinski definition) is 2. The third kappa shape index (κ3) is 9.13. The van der Waals surface area contributed by atoms with Crippen molar-refractivity contribution in [1.29, 1.82) is 0 Å². The first kappa shape index (κ1) is 21.5. The number of benzene rings is 1. The van der Waals surface area contributed by atoms with E-state index in [1.54, 1.807) is 7.05 Å². The Labute approximate surface area is 160 Å². The Morgan fingerprint density at radius 2 is 1.67 bits per heavy atom. The normalized spacial score (nSPS) is 16.4. The molecule has 1 aromatic rings. The number of nitrogens with one attached hydrogen (secondary N) is 2. The molecule has 0 radical (unpaired) electrons. The lowest BCUT2D eigenvalue weighted by atomic mass is 10.1. The van der Waals surface area contributed by atoms with E-state index in [-0.39, 0.29) is 6.42 Å². The van der Waals surface area contributed by atoms with Crippen LogP contribution in [0.5, 0.6) is 0 Å². The number of aliphatic imine (C=N–C) groups is 1. The van der Waals surface area contributed by atoms with Crippen LogP contribution in [0.15, 0.2) is 29.3 Å². The van der Waals surface area contributed by atoms with Crippen LogP contribution in [0.2, 0.25) is 0 Å². The minimum Gasteiger partial charge on any atom is -0.356 e. The summed E-state index contributed by atoms with van der Waals surface area (Å²) >= 11 is 0. The molecule has 1 aliphatic heterocycles. The number of nitrogens with zero attached hydrogens (tertiary/aromatic N) is 2. The minimum atomic E-state index is -4.07. The van der Waals surface area contributed by atoms with E-state index in [1.807, 2.05) is 0 Å². The van der Waals surface area contributed by atoms with Crippen LogP contribution in [0.4, 0.5) is 13.2 Å². The number of likely N-dealkylation sites (tertiary alicyclic amines) is 1. The van der Waals surface area contributed by atoms with Gasteiger partial charge in [0.15, 0.2) is 5.96 Å². The molecule has 4 nitrogen and oxygen atoms in total. The van der Waals surface area contributed by atoms with Crippen LogP contribution in [-0.4, -0.2) is 43.7 Å². The molecule has 0 spiro atoms. The first-order chi connectivity index (χ1) is 13.0. The van der Waals surface area contributed by atoms with Crippen molar-refractivity contribution in [3.05, 3.63) is 35.4 Å². The second kappa shape index (κ2) is 11.2. The van der Waals surface area contributed by atoms with Gasteiger partial charge in [-0.25, -0.2) is 0 Å². The maximum Gasteiger partial charge on any atom is 0.389 e. The number of alkyl halides is 3. The van der Waals surface area contributed by atoms with Gasteiger partial charge in [-0.15, -0.1) is 0 Å². The molecule has 1 heterocycles. The van der Waals surface area contributed by atoms with Crippen molar-refractivity contribution in [1.82, 2.24) is 15.5 Å². The summed E-state index contributed by atoms with van der Waals surface area (Å²) in [6.45, 7) is 4.49. The molecule has 7 heteroatoms. The van der Waals surface area contributed by atoms with Crippen molar-refractivity contribution in [2.24, 2.45) is 4.99 Å². The molecule has 27 heavy (non-hydrogen) atoms. The Kier molecular flexibility index (Phi) is 8.91. The van der Waals surface area contributed by atoms with Gasteiger partial charge in [0.25, 0.3) is 0 Å². The van der Waals surface area contributed by atoms with Crippen LogP contribution in [0.3, 0.4) is 0 Å². The van der Waals surface area contributed by atoms with Crippen molar-refractivity contribution < 1.29 is 13.2 Å². The summed E-state index contributed by atoms with van der Waals surface area (Å²) in [4.78, 5) is 6.61. The Hall–Kier alpha value is -1.76. The standard InChI is InChI=1S/C20H31F3N4/c1-24-19(25-12-4-3-11-20(21,22)23)26-15-17-7-9-18(10-8-17)16-27-13-5-2-6-14-27/h7-10H,2-6,11-16H2,1H3,(H2,24,25,26). The molecule has 152 valence electrons. The third-order valence-electron chi connectivity index (χ3n) is 4.74. The highest BCUT2D eigenvalue weighted by atomic mass is 19.4. The van der Waals surface area contributed by atoms with Crippen molar-refractivity contribution >= 4 is 5.96 Å². The Morgan fingerprint density at radius 3 is 2.30 bits per heavy atom. The lowest BCUT2D eigenvalue weighted by Crippen LogP contribution is -2.37. The van der Waals surface area contributed by atoms with Crippen LogP contribution in [0.25, 0.3) is 0 Å². The zero-order chi connectivity index (χ0) is 19.5. The smallest absolute Gasteiger partial charge is 0.356 e. The van der Waals surface area contributed by atoms with Gasteiger partial charge in [-0.3, -0.25) is 9.89 Å². The summed E-state index contributed by atoms with van der Waals surface area (Å²) in [5, 5.41) is 6.26. The van der Waals surface area contributed by atoms with E-state index < -0.39 is 12.6 Å². The molecule has 0 aliphatic carbocycles. The molecule has 1 fully saturated rings. The van der Waals surface area contributed by atoms with E-state index in [4.69, 9.17) is 0 Å². The van der Waals surface area contributed by atoms with Gasteiger partial charge in [0.05, 0.1) is 0 Å². The molecular formula is C20H31F3N4. The first-order valence-corrected chi connectivity index (χ1v) is 9.78. The highest BCUT2D eigenvalue weighted by molar-refractivity contribution is 5.79. The Bertz CT molecular complexity index is 564. The minimum absolute atomic E-state index is 0.131. The topological polar surface area (TPSA) is 39.7 Å². The summed E-state index contributed by atoms with van der Waals surface area (Å²) in [6.07, 6.45) is -0.268. The van der Waals surface area contributed by atoms with E-state index in [0.29, 0.717) is 25.5 Å². The van der Waals surface area contributed by atoms with Crippen molar-refractivity contribution in [2.75, 3.05) is 26.7 Å². The number of rotatable bonds is 8. The molecule has 1 aromatic carbocycles. The number of halogens is 3. The molecule has 0 saturated carbocycles. The fourth-order valence-electron chi connectivity index (χ4n) is 3.20. The summed E-state index contributed by atoms with van der Waals surface area (Å²) in [6, 6.07) is 8.56. The van der Waals surface area contributed by atoms with Crippen LogP contribution < -0.4 is 10.6 Å². The SMILES string of the molecule is CN=C(NCCCCC(F)(F)F)NCc1ccc(CN2CCCCC2)cc1. The summed E-state index contributed by atoms with van der Waals surface area (Å²) in [5.74, 6) is 0.611. The predicted octanol–water partition coefficient (Wildman–Crippen LogP) is 4.07. The third-order valence-corrected chi connectivity index (χ3v) is 4.74. The molecule has 2 rings (SSSR count). The zero-order valence-electron chi connectivity index (χ0n) is 16.1. The van der Waals surface area contributed by atoms with Gasteiger partial charge in [-0.1, -0.05) is 30.7 Å². The zero-order valence-corrected chi connectivity index (χ0v) is 16.1. The van der Waals surface area contributed by atoms with E-state index in [1.165, 1.54) is 37.9 Å². The maximum atomic E-state index is 12.1. The van der Waals surface area contributed by atoms with E-state index in [0.717, 1.165) is 12.1 Å². The molecule has 2 N–H and O–H groups in total. The van der Waals surface area contributed by atoms with Gasteiger partial charge >= 0.3 is 6.18 Å². The summed E-state index contributed by atoms with van der Waals surface area (Å²) < 4.78 is 36.4. The van der Waals surface area contributed by atoms with Crippen molar-refractivity contribution in [3.63, 3.8) is 0 Å². The van der Waals surface area contributed by atoms with Gasteiger partial charge < -0.3 is 10.6 Å². The van der Waals surface area contributed by atoms with E-state index in [2.05, 4.69) is 44.8 Å². The molecule has 0 unspecified atom stereocenters. The molecule has 0 aromatic heterocycles. The molecule has 0 atom stereocenters. The summed E-state index contributed by atoms with van der Waals surface area (Å²) in [7, 11) is 1.66.